The lowest BCUT2D eigenvalue weighted by molar-refractivity contribution is 0.103. The number of nitrogens with one attached hydrogen (secondary N) is 1. The van der Waals surface area contributed by atoms with E-state index in [0.29, 0.717) is 26.5 Å². The van der Waals surface area contributed by atoms with Crippen molar-refractivity contribution in [3.8, 4) is 5.75 Å². The van der Waals surface area contributed by atoms with Crippen LogP contribution >= 0.6 is 22.7 Å². The van der Waals surface area contributed by atoms with E-state index >= 15 is 0 Å². The number of nitrogens with zero attached hydrogens (tertiary/aromatic N) is 2. The molecule has 0 bridgehead atoms. The monoisotopic (exact) mass is 439 g/mol. The van der Waals surface area contributed by atoms with E-state index in [0.717, 1.165) is 11.3 Å². The summed E-state index contributed by atoms with van der Waals surface area (Å²) in [7, 11) is 0. The Hall–Kier alpha value is -3.10. The first-order chi connectivity index (χ1) is 14.6. The van der Waals surface area contributed by atoms with Crippen molar-refractivity contribution >= 4 is 33.7 Å². The maximum atomic E-state index is 13.0. The van der Waals surface area contributed by atoms with E-state index in [4.69, 9.17) is 4.74 Å². The molecule has 0 radical (unpaired) electrons. The van der Waals surface area contributed by atoms with Crippen molar-refractivity contribution in [3.05, 3.63) is 92.6 Å². The molecule has 30 heavy (non-hydrogen) atoms. The van der Waals surface area contributed by atoms with Crippen LogP contribution < -0.4 is 10.1 Å². The normalized spacial score (nSPS) is 10.7. The third kappa shape index (κ3) is 5.08. The van der Waals surface area contributed by atoms with Gasteiger partial charge in [0, 0.05) is 17.5 Å². The largest absolute Gasteiger partial charge is 0.486 e. The molecule has 2 aromatic carbocycles. The Balaban J connectivity index is 1.37. The maximum Gasteiger partial charge on any atom is 0.269 e. The van der Waals surface area contributed by atoms with Crippen molar-refractivity contribution < 1.29 is 13.9 Å². The number of thiazole rings is 2. The third-order valence-corrected chi connectivity index (χ3v) is 6.26. The van der Waals surface area contributed by atoms with Crippen LogP contribution in [-0.4, -0.2) is 15.9 Å². The molecule has 2 heterocycles. The molecule has 0 aliphatic rings. The zero-order valence-electron chi connectivity index (χ0n) is 16.1. The number of rotatable bonds is 7. The molecule has 0 atom stereocenters. The van der Waals surface area contributed by atoms with Crippen molar-refractivity contribution in [1.29, 1.82) is 0 Å². The van der Waals surface area contributed by atoms with Gasteiger partial charge < -0.3 is 4.74 Å². The number of hydrogen-bond acceptors (Lipinski definition) is 6. The van der Waals surface area contributed by atoms with Crippen molar-refractivity contribution in [3.63, 3.8) is 0 Å². The van der Waals surface area contributed by atoms with Crippen molar-refractivity contribution in [2.75, 3.05) is 5.32 Å². The zero-order chi connectivity index (χ0) is 20.9. The van der Waals surface area contributed by atoms with Crippen LogP contribution in [0.5, 0.6) is 5.75 Å². The fourth-order valence-electron chi connectivity index (χ4n) is 2.80. The number of aryl methyl sites for hydroxylation is 1. The van der Waals surface area contributed by atoms with E-state index in [2.05, 4.69) is 27.4 Å². The lowest BCUT2D eigenvalue weighted by Crippen LogP contribution is -2.11. The highest BCUT2D eigenvalue weighted by molar-refractivity contribution is 7.16. The van der Waals surface area contributed by atoms with Crippen molar-refractivity contribution in [2.45, 2.75) is 20.0 Å². The second-order valence-electron chi connectivity index (χ2n) is 6.51. The summed E-state index contributed by atoms with van der Waals surface area (Å²) in [6.07, 6.45) is 2.56. The minimum atomic E-state index is -0.319. The Morgan fingerprint density at radius 3 is 2.63 bits per heavy atom. The van der Waals surface area contributed by atoms with Gasteiger partial charge in [0.1, 0.15) is 28.1 Å². The summed E-state index contributed by atoms with van der Waals surface area (Å²) in [5.74, 6) is -0.0110. The number of carbonyl (C=O) groups is 1. The summed E-state index contributed by atoms with van der Waals surface area (Å²) in [5.41, 5.74) is 1.83. The quantitative estimate of drug-likeness (QED) is 0.415. The molecule has 2 aromatic heterocycles. The minimum Gasteiger partial charge on any atom is -0.486 e. The number of ether oxygens (including phenoxy) is 1. The molecular formula is C22H18FN3O2S2. The van der Waals surface area contributed by atoms with Gasteiger partial charge in [-0.25, -0.2) is 14.4 Å². The zero-order valence-corrected chi connectivity index (χ0v) is 17.7. The molecule has 0 spiro atoms. The minimum absolute atomic E-state index is 0.211. The molecule has 1 amide bonds. The summed E-state index contributed by atoms with van der Waals surface area (Å²) in [5, 5.41) is 4.09. The topological polar surface area (TPSA) is 64.1 Å². The fourth-order valence-corrected chi connectivity index (χ4v) is 4.51. The lowest BCUT2D eigenvalue weighted by Gasteiger charge is -2.03. The molecule has 0 saturated carbocycles. The van der Waals surface area contributed by atoms with Crippen LogP contribution in [0, 0.1) is 12.7 Å². The Labute approximate surface area is 181 Å². The first kappa shape index (κ1) is 20.2. The average molecular weight is 440 g/mol. The Bertz CT molecular complexity index is 1140. The van der Waals surface area contributed by atoms with Gasteiger partial charge in [0.2, 0.25) is 0 Å². The first-order valence-corrected chi connectivity index (χ1v) is 10.8. The van der Waals surface area contributed by atoms with E-state index in [1.165, 1.54) is 40.4 Å². The van der Waals surface area contributed by atoms with Gasteiger partial charge in [0.15, 0.2) is 5.13 Å². The van der Waals surface area contributed by atoms with E-state index in [1.54, 1.807) is 25.3 Å². The highest BCUT2D eigenvalue weighted by Crippen LogP contribution is 2.25. The summed E-state index contributed by atoms with van der Waals surface area (Å²) >= 11 is 2.73. The van der Waals surface area contributed by atoms with Gasteiger partial charge >= 0.3 is 0 Å². The number of benzene rings is 2. The second kappa shape index (κ2) is 9.15. The Morgan fingerprint density at radius 1 is 1.10 bits per heavy atom. The molecule has 4 rings (SSSR count). The molecule has 0 saturated heterocycles. The maximum absolute atomic E-state index is 13.0. The second-order valence-corrected chi connectivity index (χ2v) is 8.71. The van der Waals surface area contributed by atoms with Gasteiger partial charge in [-0.2, -0.15) is 0 Å². The van der Waals surface area contributed by atoms with E-state index in [-0.39, 0.29) is 18.3 Å². The number of hydrogen-bond donors (Lipinski definition) is 1. The molecule has 1 N–H and O–H groups in total. The van der Waals surface area contributed by atoms with E-state index in [9.17, 15) is 9.18 Å². The molecule has 0 unspecified atom stereocenters. The number of anilines is 1. The number of aromatic nitrogens is 2. The Kier molecular flexibility index (Phi) is 6.15. The van der Waals surface area contributed by atoms with Gasteiger partial charge in [-0.05, 0) is 36.8 Å². The number of halogens is 1. The first-order valence-electron chi connectivity index (χ1n) is 9.21. The highest BCUT2D eigenvalue weighted by Gasteiger charge is 2.17. The number of carbonyl (C=O) groups excluding carboxylic acids is 1. The van der Waals surface area contributed by atoms with Crippen LogP contribution in [0.3, 0.4) is 0 Å². The van der Waals surface area contributed by atoms with Gasteiger partial charge in [-0.1, -0.05) is 30.3 Å². The Morgan fingerprint density at radius 2 is 1.87 bits per heavy atom. The van der Waals surface area contributed by atoms with Crippen LogP contribution in [0.4, 0.5) is 9.52 Å². The van der Waals surface area contributed by atoms with Crippen LogP contribution in [0.15, 0.2) is 60.8 Å². The predicted molar refractivity (Wildman–Crippen MR) is 117 cm³/mol. The van der Waals surface area contributed by atoms with E-state index < -0.39 is 0 Å². The third-order valence-electron chi connectivity index (χ3n) is 4.22. The summed E-state index contributed by atoms with van der Waals surface area (Å²) in [4.78, 5) is 23.0. The fraction of sp³-hybridized carbons (Fsp3) is 0.136. The van der Waals surface area contributed by atoms with Crippen LogP contribution in [0.1, 0.15) is 30.8 Å². The number of amides is 1. The SMILES string of the molecule is Cc1nc(COc2ccc(F)cc2)sc1C(=O)Nc1ncc(Cc2ccccc2)s1. The standard InChI is InChI=1S/C22H18FN3O2S2/c1-14-20(30-19(25-14)13-28-17-9-7-16(23)8-10-17)21(27)26-22-24-12-18(29-22)11-15-5-3-2-4-6-15/h2-10,12H,11,13H2,1H3,(H,24,26,27). The van der Waals surface area contributed by atoms with Crippen LogP contribution in [0.25, 0.3) is 0 Å². The molecule has 0 aliphatic heterocycles. The lowest BCUT2D eigenvalue weighted by atomic mass is 10.1. The summed E-state index contributed by atoms with van der Waals surface area (Å²) in [6.45, 7) is 2.00. The molecule has 0 aliphatic carbocycles. The molecule has 152 valence electrons. The summed E-state index contributed by atoms with van der Waals surface area (Å²) < 4.78 is 18.6. The molecule has 4 aromatic rings. The molecule has 0 fully saturated rings. The van der Waals surface area contributed by atoms with Gasteiger partial charge in [0.25, 0.3) is 5.91 Å². The van der Waals surface area contributed by atoms with Crippen LogP contribution in [-0.2, 0) is 13.0 Å². The predicted octanol–water partition coefficient (Wildman–Crippen LogP) is 5.47. The van der Waals surface area contributed by atoms with Gasteiger partial charge in [-0.15, -0.1) is 22.7 Å². The molecule has 5 nitrogen and oxygen atoms in total. The van der Waals surface area contributed by atoms with Gasteiger partial charge in [-0.3, -0.25) is 10.1 Å². The molecule has 8 heteroatoms. The average Bonchev–Trinajstić information content (AvgIpc) is 3.34. The highest BCUT2D eigenvalue weighted by atomic mass is 32.1. The molecular weight excluding hydrogens is 421 g/mol. The van der Waals surface area contributed by atoms with Crippen molar-refractivity contribution in [2.24, 2.45) is 0 Å². The van der Waals surface area contributed by atoms with E-state index in [1.807, 2.05) is 18.2 Å². The van der Waals surface area contributed by atoms with Gasteiger partial charge in [0.05, 0.1) is 5.69 Å². The smallest absolute Gasteiger partial charge is 0.269 e. The van der Waals surface area contributed by atoms with Crippen LogP contribution in [0.2, 0.25) is 0 Å². The summed E-state index contributed by atoms with van der Waals surface area (Å²) in [6, 6.07) is 15.9. The van der Waals surface area contributed by atoms with Crippen molar-refractivity contribution in [1.82, 2.24) is 9.97 Å².